The van der Waals surface area contributed by atoms with Crippen LogP contribution in [0.3, 0.4) is 0 Å². The van der Waals surface area contributed by atoms with Crippen molar-refractivity contribution in [3.05, 3.63) is 30.1 Å². The van der Waals surface area contributed by atoms with Gasteiger partial charge in [0.25, 0.3) is 0 Å². The van der Waals surface area contributed by atoms with Gasteiger partial charge in [0, 0.05) is 12.2 Å². The Balaban J connectivity index is 2.05. The molecule has 0 saturated heterocycles. The highest BCUT2D eigenvalue weighted by Gasteiger charge is 2.07. The van der Waals surface area contributed by atoms with Gasteiger partial charge in [-0.3, -0.25) is 4.55 Å². The average molecular weight is 258 g/mol. The van der Waals surface area contributed by atoms with Gasteiger partial charge in [-0.25, -0.2) is 4.98 Å². The van der Waals surface area contributed by atoms with Gasteiger partial charge >= 0.3 is 9.15 Å². The second kappa shape index (κ2) is 4.44. The van der Waals surface area contributed by atoms with Crippen molar-refractivity contribution >= 4 is 31.0 Å². The van der Waals surface area contributed by atoms with E-state index in [1.165, 1.54) is 0 Å². The van der Waals surface area contributed by atoms with Crippen LogP contribution in [-0.4, -0.2) is 28.7 Å². The Labute approximate surface area is 96.4 Å². The fourth-order valence-electron chi connectivity index (χ4n) is 1.37. The van der Waals surface area contributed by atoms with Crippen LogP contribution in [0.1, 0.15) is 5.82 Å². The molecule has 0 atom stereocenters. The summed E-state index contributed by atoms with van der Waals surface area (Å²) in [6, 6.07) is 7.57. The van der Waals surface area contributed by atoms with E-state index in [1.807, 2.05) is 24.3 Å². The third kappa shape index (κ3) is 2.97. The van der Waals surface area contributed by atoms with Crippen LogP contribution in [0.25, 0.3) is 11.0 Å². The van der Waals surface area contributed by atoms with Gasteiger partial charge in [-0.2, -0.15) is 8.42 Å². The molecular weight excluding hydrogens is 248 g/mol. The van der Waals surface area contributed by atoms with E-state index in [1.54, 1.807) is 0 Å². The Hall–Kier alpha value is -1.05. The normalized spacial score (nSPS) is 12.1. The van der Waals surface area contributed by atoms with E-state index in [9.17, 15) is 8.42 Å². The van der Waals surface area contributed by atoms with Crippen LogP contribution in [0.15, 0.2) is 24.3 Å². The Kier molecular flexibility index (Phi) is 3.17. The number of para-hydroxylation sites is 2. The van der Waals surface area contributed by atoms with Crippen LogP contribution in [0.2, 0.25) is 0 Å². The lowest BCUT2D eigenvalue weighted by Gasteiger charge is -1.94. The van der Waals surface area contributed by atoms with E-state index in [0.29, 0.717) is 17.2 Å². The highest BCUT2D eigenvalue weighted by Crippen LogP contribution is 2.14. The van der Waals surface area contributed by atoms with Crippen molar-refractivity contribution < 1.29 is 13.0 Å². The fraction of sp³-hybridized carbons (Fsp3) is 0.222. The number of aromatic nitrogens is 2. The van der Waals surface area contributed by atoms with Crippen molar-refractivity contribution in [3.63, 3.8) is 0 Å². The lowest BCUT2D eigenvalue weighted by molar-refractivity contribution is 0.503. The summed E-state index contributed by atoms with van der Waals surface area (Å²) in [6.45, 7) is 0. The fourth-order valence-corrected chi connectivity index (χ4v) is 2.74. The summed E-state index contributed by atoms with van der Waals surface area (Å²) in [5.74, 6) is 0.996. The number of rotatable bonds is 4. The molecular formula is C9H10N2O3S2. The summed E-state index contributed by atoms with van der Waals surface area (Å²) >= 11 is 0. The van der Waals surface area contributed by atoms with Crippen LogP contribution < -0.4 is 0 Å². The molecule has 0 bridgehead atoms. The highest BCUT2D eigenvalue weighted by molar-refractivity contribution is 8.69. The zero-order chi connectivity index (χ0) is 11.6. The van der Waals surface area contributed by atoms with Crippen LogP contribution in [0, 0.1) is 0 Å². The lowest BCUT2D eigenvalue weighted by Crippen LogP contribution is -1.96. The molecule has 86 valence electrons. The molecule has 0 aliphatic carbocycles. The summed E-state index contributed by atoms with van der Waals surface area (Å²) in [5.41, 5.74) is 1.78. The van der Waals surface area contributed by atoms with Crippen LogP contribution >= 0.6 is 10.8 Å². The number of imidazole rings is 1. The van der Waals surface area contributed by atoms with E-state index in [2.05, 4.69) is 9.97 Å². The third-order valence-corrected chi connectivity index (χ3v) is 4.07. The van der Waals surface area contributed by atoms with Gasteiger partial charge in [-0.1, -0.05) is 12.1 Å². The van der Waals surface area contributed by atoms with Gasteiger partial charge in [0.15, 0.2) is 0 Å². The number of aromatic amines is 1. The minimum absolute atomic E-state index is 0.276. The third-order valence-electron chi connectivity index (χ3n) is 2.01. The van der Waals surface area contributed by atoms with Crippen molar-refractivity contribution in [2.24, 2.45) is 0 Å². The molecule has 0 amide bonds. The molecule has 0 aliphatic rings. The van der Waals surface area contributed by atoms with E-state index in [4.69, 9.17) is 4.55 Å². The van der Waals surface area contributed by atoms with Crippen molar-refractivity contribution in [1.29, 1.82) is 0 Å². The summed E-state index contributed by atoms with van der Waals surface area (Å²) in [5, 5.41) is 0. The number of hydrogen-bond donors (Lipinski definition) is 2. The maximum Gasteiger partial charge on any atom is 0.319 e. The van der Waals surface area contributed by atoms with Gasteiger partial charge in [-0.05, 0) is 22.9 Å². The Morgan fingerprint density at radius 3 is 2.81 bits per heavy atom. The molecule has 0 fully saturated rings. The van der Waals surface area contributed by atoms with Crippen molar-refractivity contribution in [1.82, 2.24) is 9.97 Å². The minimum atomic E-state index is -3.95. The zero-order valence-corrected chi connectivity index (χ0v) is 9.88. The molecule has 2 aromatic rings. The first kappa shape index (κ1) is 11.4. The lowest BCUT2D eigenvalue weighted by atomic mass is 10.3. The number of nitrogens with zero attached hydrogens (tertiary/aromatic N) is 1. The monoisotopic (exact) mass is 258 g/mol. The largest absolute Gasteiger partial charge is 0.342 e. The maximum absolute atomic E-state index is 10.5. The molecule has 0 saturated carbocycles. The summed E-state index contributed by atoms with van der Waals surface area (Å²) in [6.07, 6.45) is 0.471. The van der Waals surface area contributed by atoms with Gasteiger partial charge in [0.2, 0.25) is 0 Å². The minimum Gasteiger partial charge on any atom is -0.342 e. The molecule has 1 heterocycles. The first-order chi connectivity index (χ1) is 7.54. The Morgan fingerprint density at radius 2 is 2.12 bits per heavy atom. The molecule has 2 rings (SSSR count). The second-order valence-corrected chi connectivity index (χ2v) is 6.67. The van der Waals surface area contributed by atoms with E-state index in [0.717, 1.165) is 16.9 Å². The van der Waals surface area contributed by atoms with Crippen molar-refractivity contribution in [2.45, 2.75) is 6.42 Å². The van der Waals surface area contributed by atoms with Gasteiger partial charge in [-0.15, -0.1) is 0 Å². The average Bonchev–Trinajstić information content (AvgIpc) is 2.57. The Morgan fingerprint density at radius 1 is 1.38 bits per heavy atom. The molecule has 0 aliphatic heterocycles. The van der Waals surface area contributed by atoms with Crippen LogP contribution in [-0.2, 0) is 15.6 Å². The first-order valence-electron chi connectivity index (χ1n) is 4.60. The molecule has 7 heteroatoms. The highest BCUT2D eigenvalue weighted by atomic mass is 33.1. The summed E-state index contributed by atoms with van der Waals surface area (Å²) in [4.78, 5) is 7.37. The number of fused-ring (bicyclic) bond motifs is 1. The smallest absolute Gasteiger partial charge is 0.319 e. The molecule has 1 aromatic carbocycles. The summed E-state index contributed by atoms with van der Waals surface area (Å²) in [7, 11) is -3.44. The first-order valence-corrected chi connectivity index (χ1v) is 7.54. The topological polar surface area (TPSA) is 83.1 Å². The predicted molar refractivity (Wildman–Crippen MR) is 63.8 cm³/mol. The number of hydrogen-bond acceptors (Lipinski definition) is 4. The van der Waals surface area contributed by atoms with Gasteiger partial charge in [0.05, 0.1) is 11.0 Å². The van der Waals surface area contributed by atoms with Crippen molar-refractivity contribution in [3.8, 4) is 0 Å². The molecule has 16 heavy (non-hydrogen) atoms. The van der Waals surface area contributed by atoms with Gasteiger partial charge in [0.1, 0.15) is 5.82 Å². The van der Waals surface area contributed by atoms with Gasteiger partial charge < -0.3 is 4.98 Å². The summed E-state index contributed by atoms with van der Waals surface area (Å²) < 4.78 is 29.5. The quantitative estimate of drug-likeness (QED) is 0.643. The SMILES string of the molecule is O=S(=O)(O)SCCc1nc2ccccc2[nH]1. The van der Waals surface area contributed by atoms with Crippen molar-refractivity contribution in [2.75, 3.05) is 5.75 Å². The molecule has 1 aromatic heterocycles. The number of benzene rings is 1. The molecule has 0 spiro atoms. The van der Waals surface area contributed by atoms with E-state index in [-0.39, 0.29) is 5.75 Å². The maximum atomic E-state index is 10.5. The standard InChI is InChI=1S/C9H10N2O3S2/c12-16(13,14)15-6-5-9-10-7-3-1-2-4-8(7)11-9/h1-4H,5-6H2,(H,10,11)(H,12,13,14). The van der Waals surface area contributed by atoms with Crippen LogP contribution in [0.4, 0.5) is 0 Å². The van der Waals surface area contributed by atoms with E-state index >= 15 is 0 Å². The number of aryl methyl sites for hydroxylation is 1. The van der Waals surface area contributed by atoms with E-state index < -0.39 is 9.15 Å². The molecule has 0 unspecified atom stereocenters. The second-order valence-electron chi connectivity index (χ2n) is 3.20. The molecule has 2 N–H and O–H groups in total. The zero-order valence-electron chi connectivity index (χ0n) is 8.25. The predicted octanol–water partition coefficient (Wildman–Crippen LogP) is 1.64. The molecule has 5 nitrogen and oxygen atoms in total. The number of nitrogens with one attached hydrogen (secondary N) is 1. The Bertz CT molecular complexity index is 559. The molecule has 0 radical (unpaired) electrons. The number of H-pyrrole nitrogens is 1. The van der Waals surface area contributed by atoms with Crippen LogP contribution in [0.5, 0.6) is 0 Å².